The number of aromatic nitrogens is 2. The maximum Gasteiger partial charge on any atom is 0.762 e. The smallest absolute Gasteiger partial charge is 0.762 e. The lowest BCUT2D eigenvalue weighted by Gasteiger charge is -1.81. The molecule has 0 aromatic carbocycles. The molecule has 1 rings (SSSR count). The van der Waals surface area contributed by atoms with Crippen molar-refractivity contribution in [2.45, 2.75) is 13.5 Å². The van der Waals surface area contributed by atoms with Gasteiger partial charge in [-0.3, -0.25) is 12.9 Å². The summed E-state index contributed by atoms with van der Waals surface area (Å²) in [6.45, 7) is 3.18. The van der Waals surface area contributed by atoms with E-state index in [4.69, 9.17) is 0 Å². The maximum absolute atomic E-state index is 9.67. The van der Waals surface area contributed by atoms with Crippen LogP contribution < -0.4 is 9.27 Å². The summed E-state index contributed by atoms with van der Waals surface area (Å²) in [7, 11) is -1.65. The van der Waals surface area contributed by atoms with Gasteiger partial charge in [-0.15, -0.1) is 0 Å². The zero-order valence-electron chi connectivity index (χ0n) is 7.42. The molecule has 0 bridgehead atoms. The molecule has 76 valence electrons. The monoisotopic (exact) mass is 198 g/mol. The minimum absolute atomic E-state index is 0. The predicted molar refractivity (Wildman–Crippen MR) is 40.4 cm³/mol. The fourth-order valence-electron chi connectivity index (χ4n) is 0.689. The van der Waals surface area contributed by atoms with E-state index in [1.165, 1.54) is 0 Å². The summed E-state index contributed by atoms with van der Waals surface area (Å²) in [6, 6.07) is 0. The van der Waals surface area contributed by atoms with Gasteiger partial charge in [0.25, 0.3) is 0 Å². The van der Waals surface area contributed by atoms with Crippen molar-refractivity contribution in [3.8, 4) is 0 Å². The van der Waals surface area contributed by atoms with Crippen LogP contribution in [0.2, 0.25) is 0 Å². The molecule has 1 aromatic heterocycles. The van der Waals surface area contributed by atoms with Crippen molar-refractivity contribution in [3.05, 3.63) is 18.7 Å². The van der Waals surface area contributed by atoms with Gasteiger partial charge >= 0.3 is 7.54 Å². The molecule has 0 spiro atoms. The van der Waals surface area contributed by atoms with Crippen molar-refractivity contribution in [3.63, 3.8) is 0 Å². The van der Waals surface area contributed by atoms with Crippen molar-refractivity contribution in [2.75, 3.05) is 0 Å². The molecule has 0 amide bonds. The average molecular weight is 198 g/mol. The molecule has 7 heteroatoms. The van der Waals surface area contributed by atoms with Crippen molar-refractivity contribution in [1.29, 1.82) is 0 Å². The Morgan fingerprint density at radius 2 is 1.85 bits per heavy atom. The number of nitrogens with zero attached hydrogens (tertiary/aromatic N) is 2. The van der Waals surface area contributed by atoms with Gasteiger partial charge in [0.1, 0.15) is 12.4 Å². The molecule has 13 heavy (non-hydrogen) atoms. The highest BCUT2D eigenvalue weighted by molar-refractivity contribution is 6.33. The normalized spacial score (nSPS) is 8.08. The Labute approximate surface area is 74.6 Å². The first-order valence-electron chi connectivity index (χ1n) is 3.49. The van der Waals surface area contributed by atoms with Gasteiger partial charge in [-0.1, -0.05) is 0 Å². The van der Waals surface area contributed by atoms with Gasteiger partial charge in [0.2, 0.25) is 6.33 Å². The SMILES string of the molecule is CCn1cc[n+](C)c1.FB(F)F.[F-]. The van der Waals surface area contributed by atoms with Crippen LogP contribution >= 0.6 is 0 Å². The summed E-state index contributed by atoms with van der Waals surface area (Å²) < 4.78 is 33.2. The Balaban J connectivity index is 0. The number of aryl methyl sites for hydroxylation is 2. The van der Waals surface area contributed by atoms with Crippen molar-refractivity contribution in [1.82, 2.24) is 4.57 Å². The molecular weight excluding hydrogens is 187 g/mol. The molecule has 0 saturated carbocycles. The molecule has 0 fully saturated rings. The topological polar surface area (TPSA) is 8.81 Å². The van der Waals surface area contributed by atoms with Gasteiger partial charge in [-0.2, -0.15) is 0 Å². The highest BCUT2D eigenvalue weighted by atomic mass is 19.4. The van der Waals surface area contributed by atoms with E-state index >= 15 is 0 Å². The molecule has 0 aliphatic carbocycles. The number of hydrogen-bond acceptors (Lipinski definition) is 0. The summed E-state index contributed by atoms with van der Waals surface area (Å²) in [6.07, 6.45) is 6.14. The average Bonchev–Trinajstić information content (AvgIpc) is 2.34. The predicted octanol–water partition coefficient (Wildman–Crippen LogP) is -1.78. The minimum atomic E-state index is -3.67. The van der Waals surface area contributed by atoms with Crippen molar-refractivity contribution in [2.24, 2.45) is 7.05 Å². The lowest BCUT2D eigenvalue weighted by molar-refractivity contribution is -0.671. The van der Waals surface area contributed by atoms with Crippen LogP contribution in [0.5, 0.6) is 0 Å². The van der Waals surface area contributed by atoms with Gasteiger partial charge in [0.15, 0.2) is 0 Å². The van der Waals surface area contributed by atoms with Gasteiger partial charge in [0, 0.05) is 0 Å². The van der Waals surface area contributed by atoms with Crippen LogP contribution in [0.1, 0.15) is 6.92 Å². The molecule has 0 saturated heterocycles. The van der Waals surface area contributed by atoms with E-state index in [2.05, 4.69) is 24.0 Å². The Bertz CT molecular complexity index is 213. The first-order chi connectivity index (χ1) is 5.56. The molecule has 1 aromatic rings. The highest BCUT2D eigenvalue weighted by Gasteiger charge is 2.06. The standard InChI is InChI=1S/C6H11N2.BF3.FH/c1-3-8-5-4-7(2)6-8;2-1(3)4;/h4-6H,3H2,1-2H3;;1H/q+1;;/p-1. The van der Waals surface area contributed by atoms with Gasteiger partial charge in [-0.05, 0) is 6.92 Å². The Kier molecular flexibility index (Phi) is 8.52. The number of imidazole rings is 1. The Morgan fingerprint density at radius 1 is 1.38 bits per heavy atom. The zero-order valence-corrected chi connectivity index (χ0v) is 7.42. The summed E-state index contributed by atoms with van der Waals surface area (Å²) in [5.74, 6) is 0. The Hall–Kier alpha value is -1.01. The van der Waals surface area contributed by atoms with Crippen LogP contribution in [0.15, 0.2) is 18.7 Å². The number of hydrogen-bond donors (Lipinski definition) is 0. The molecule has 1 heterocycles. The third-order valence-electron chi connectivity index (χ3n) is 1.19. The molecular formula is C6H11BF4N2. The quantitative estimate of drug-likeness (QED) is 0.286. The van der Waals surface area contributed by atoms with Crippen LogP contribution in [0.3, 0.4) is 0 Å². The first-order valence-corrected chi connectivity index (χ1v) is 3.49. The van der Waals surface area contributed by atoms with E-state index in [1.807, 2.05) is 17.8 Å². The largest absolute Gasteiger partial charge is 1.00 e. The van der Waals surface area contributed by atoms with E-state index in [9.17, 15) is 12.9 Å². The Morgan fingerprint density at radius 3 is 2.00 bits per heavy atom. The van der Waals surface area contributed by atoms with Gasteiger partial charge in [0.05, 0.1) is 13.6 Å². The second kappa shape index (κ2) is 7.63. The lowest BCUT2D eigenvalue weighted by Crippen LogP contribution is -3.00. The molecule has 0 radical (unpaired) electrons. The van der Waals surface area contributed by atoms with Crippen LogP contribution in [0, 0.1) is 0 Å². The van der Waals surface area contributed by atoms with Crippen LogP contribution in [0.4, 0.5) is 12.9 Å². The number of halogens is 4. The van der Waals surface area contributed by atoms with Crippen LogP contribution in [0.25, 0.3) is 0 Å². The first kappa shape index (κ1) is 14.5. The van der Waals surface area contributed by atoms with Gasteiger partial charge in [-0.25, -0.2) is 9.13 Å². The van der Waals surface area contributed by atoms with E-state index in [-0.39, 0.29) is 4.70 Å². The van der Waals surface area contributed by atoms with Gasteiger partial charge < -0.3 is 4.70 Å². The third-order valence-corrected chi connectivity index (χ3v) is 1.19. The van der Waals surface area contributed by atoms with Crippen molar-refractivity contribution < 1.29 is 22.2 Å². The zero-order chi connectivity index (χ0) is 9.56. The summed E-state index contributed by atoms with van der Waals surface area (Å²) >= 11 is 0. The van der Waals surface area contributed by atoms with Crippen molar-refractivity contribution >= 4 is 7.54 Å². The molecule has 0 unspecified atom stereocenters. The summed E-state index contributed by atoms with van der Waals surface area (Å²) in [5, 5.41) is 0. The molecule has 0 aliphatic rings. The third kappa shape index (κ3) is 8.90. The minimum Gasteiger partial charge on any atom is -1.00 e. The second-order valence-electron chi connectivity index (χ2n) is 2.16. The fraction of sp³-hybridized carbons (Fsp3) is 0.500. The molecule has 2 nitrogen and oxygen atoms in total. The molecule has 0 atom stereocenters. The number of rotatable bonds is 1. The lowest BCUT2D eigenvalue weighted by atomic mass is 10.5. The van der Waals surface area contributed by atoms with E-state index in [0.29, 0.717) is 0 Å². The van der Waals surface area contributed by atoms with E-state index in [1.54, 1.807) is 0 Å². The molecule has 0 aliphatic heterocycles. The summed E-state index contributed by atoms with van der Waals surface area (Å²) in [4.78, 5) is 0. The van der Waals surface area contributed by atoms with E-state index in [0.717, 1.165) is 6.54 Å². The van der Waals surface area contributed by atoms with E-state index < -0.39 is 7.54 Å². The van der Waals surface area contributed by atoms with Crippen LogP contribution in [-0.4, -0.2) is 12.1 Å². The maximum atomic E-state index is 9.67. The summed E-state index contributed by atoms with van der Waals surface area (Å²) in [5.41, 5.74) is 0. The fourth-order valence-corrected chi connectivity index (χ4v) is 0.689. The van der Waals surface area contributed by atoms with Crippen LogP contribution in [-0.2, 0) is 13.6 Å². The molecule has 0 N–H and O–H groups in total. The highest BCUT2D eigenvalue weighted by Crippen LogP contribution is 1.80. The second-order valence-corrected chi connectivity index (χ2v) is 2.16.